The average Bonchev–Trinajstić information content (AvgIpc) is 2.93. The van der Waals surface area contributed by atoms with Crippen LogP contribution >= 0.6 is 7.82 Å². The molecule has 4 N–H and O–H groups in total. The lowest BCUT2D eigenvalue weighted by Gasteiger charge is -2.16. The van der Waals surface area contributed by atoms with Crippen molar-refractivity contribution in [2.24, 2.45) is 0 Å². The molecule has 122 valence electrons. The number of phosphoric ester groups is 1. The molecule has 1 aromatic heterocycles. The number of H-pyrrole nitrogens is 1. The summed E-state index contributed by atoms with van der Waals surface area (Å²) in [4.78, 5) is 41.9. The molecule has 2 aliphatic rings. The van der Waals surface area contributed by atoms with Crippen molar-refractivity contribution in [3.63, 3.8) is 0 Å². The van der Waals surface area contributed by atoms with Gasteiger partial charge < -0.3 is 19.6 Å². The number of nitrogens with one attached hydrogen (secondary N) is 1. The molecule has 22 heavy (non-hydrogen) atoms. The fraction of sp³-hybridized carbons (Fsp3) is 0.600. The molecular formula is C10H12FN2O8P. The van der Waals surface area contributed by atoms with Crippen LogP contribution in [0.25, 0.3) is 0 Å². The van der Waals surface area contributed by atoms with E-state index in [1.54, 1.807) is 4.98 Å². The van der Waals surface area contributed by atoms with Gasteiger partial charge in [0, 0.05) is 12.8 Å². The molecule has 3 rings (SSSR count). The van der Waals surface area contributed by atoms with Gasteiger partial charge in [-0.15, -0.1) is 0 Å². The van der Waals surface area contributed by atoms with Crippen LogP contribution in [0.4, 0.5) is 4.39 Å². The first-order chi connectivity index (χ1) is 10.1. The zero-order valence-electron chi connectivity index (χ0n) is 10.9. The minimum atomic E-state index is -4.75. The Bertz CT molecular complexity index is 771. The van der Waals surface area contributed by atoms with E-state index in [0.717, 1.165) is 4.57 Å². The third kappa shape index (κ3) is 2.56. The summed E-state index contributed by atoms with van der Waals surface area (Å²) in [5, 5.41) is 9.99. The largest absolute Gasteiger partial charge is 0.469 e. The number of hydrogen-bond donors (Lipinski definition) is 4. The molecule has 1 saturated heterocycles. The average molecular weight is 338 g/mol. The molecule has 2 fully saturated rings. The number of rotatable bonds is 3. The van der Waals surface area contributed by atoms with Crippen LogP contribution < -0.4 is 11.2 Å². The highest BCUT2D eigenvalue weighted by Crippen LogP contribution is 2.58. The molecule has 10 nitrogen and oxygen atoms in total. The summed E-state index contributed by atoms with van der Waals surface area (Å²) < 4.78 is 34.8. The standard InChI is InChI=1S/C10H12FN2O8P/c11-4-3-13(9(16)12-8(4)15)7-1-5(14)10(20-7)2-6(10)21-22(17,18)19/h3,5-7,14H,1-2H2,(H,12,15,16)(H2,17,18,19). The van der Waals surface area contributed by atoms with Gasteiger partial charge in [-0.05, 0) is 0 Å². The van der Waals surface area contributed by atoms with E-state index in [2.05, 4.69) is 4.52 Å². The van der Waals surface area contributed by atoms with Crippen LogP contribution in [-0.4, -0.2) is 42.3 Å². The summed E-state index contributed by atoms with van der Waals surface area (Å²) in [5.41, 5.74) is -3.45. The van der Waals surface area contributed by atoms with Gasteiger partial charge in [0.05, 0.1) is 12.3 Å². The molecule has 0 radical (unpaired) electrons. The van der Waals surface area contributed by atoms with E-state index in [-0.39, 0.29) is 12.8 Å². The maximum absolute atomic E-state index is 13.3. The molecule has 1 aliphatic carbocycles. The normalized spacial score (nSPS) is 34.3. The van der Waals surface area contributed by atoms with Gasteiger partial charge in [-0.1, -0.05) is 0 Å². The Hall–Kier alpha value is -1.36. The monoisotopic (exact) mass is 338 g/mol. The third-order valence-electron chi connectivity index (χ3n) is 3.73. The van der Waals surface area contributed by atoms with Gasteiger partial charge in [-0.3, -0.25) is 18.9 Å². The molecule has 1 aromatic rings. The quantitative estimate of drug-likeness (QED) is 0.490. The van der Waals surface area contributed by atoms with E-state index in [1.807, 2.05) is 0 Å². The van der Waals surface area contributed by atoms with Crippen molar-refractivity contribution < 1.29 is 33.1 Å². The Kier molecular flexibility index (Phi) is 3.40. The number of hydrogen-bond acceptors (Lipinski definition) is 6. The first-order valence-electron chi connectivity index (χ1n) is 6.23. The number of aromatic nitrogens is 2. The lowest BCUT2D eigenvalue weighted by atomic mass is 10.1. The van der Waals surface area contributed by atoms with Crippen molar-refractivity contribution in [1.82, 2.24) is 9.55 Å². The Morgan fingerprint density at radius 2 is 2.18 bits per heavy atom. The second kappa shape index (κ2) is 4.82. The molecular weight excluding hydrogens is 326 g/mol. The number of nitrogens with zero attached hydrogens (tertiary/aromatic N) is 1. The minimum Gasteiger partial charge on any atom is -0.390 e. The van der Waals surface area contributed by atoms with Crippen LogP contribution in [0.5, 0.6) is 0 Å². The van der Waals surface area contributed by atoms with Gasteiger partial charge in [0.2, 0.25) is 5.82 Å². The maximum Gasteiger partial charge on any atom is 0.469 e. The molecule has 4 unspecified atom stereocenters. The highest BCUT2D eigenvalue weighted by Gasteiger charge is 2.68. The number of halogens is 1. The van der Waals surface area contributed by atoms with Gasteiger partial charge in [-0.2, -0.15) is 4.39 Å². The molecule has 4 atom stereocenters. The van der Waals surface area contributed by atoms with Crippen LogP contribution in [0.3, 0.4) is 0 Å². The van der Waals surface area contributed by atoms with Gasteiger partial charge in [0.15, 0.2) is 0 Å². The number of aromatic amines is 1. The first kappa shape index (κ1) is 15.5. The van der Waals surface area contributed by atoms with Gasteiger partial charge in [0.1, 0.15) is 17.9 Å². The SMILES string of the molecule is O=c1[nH]c(=O)n(C2CC(O)C3(CC3OP(=O)(O)O)O2)cc1F. The van der Waals surface area contributed by atoms with Crippen LogP contribution in [0, 0.1) is 5.82 Å². The van der Waals surface area contributed by atoms with Crippen molar-refractivity contribution in [3.05, 3.63) is 32.9 Å². The van der Waals surface area contributed by atoms with Crippen LogP contribution in [0.1, 0.15) is 19.1 Å². The fourth-order valence-corrected chi connectivity index (χ4v) is 3.20. The van der Waals surface area contributed by atoms with E-state index in [1.165, 1.54) is 0 Å². The van der Waals surface area contributed by atoms with Crippen molar-refractivity contribution in [1.29, 1.82) is 0 Å². The molecule has 0 bridgehead atoms. The molecule has 0 aromatic carbocycles. The highest BCUT2D eigenvalue weighted by atomic mass is 31.2. The summed E-state index contributed by atoms with van der Waals surface area (Å²) >= 11 is 0. The zero-order chi connectivity index (χ0) is 16.3. The maximum atomic E-state index is 13.3. The van der Waals surface area contributed by atoms with E-state index in [4.69, 9.17) is 14.5 Å². The van der Waals surface area contributed by atoms with Crippen molar-refractivity contribution in [3.8, 4) is 0 Å². The van der Waals surface area contributed by atoms with Gasteiger partial charge >= 0.3 is 13.5 Å². The second-order valence-electron chi connectivity index (χ2n) is 5.21. The van der Waals surface area contributed by atoms with Crippen LogP contribution in [0.15, 0.2) is 15.8 Å². The zero-order valence-corrected chi connectivity index (χ0v) is 11.8. The minimum absolute atomic E-state index is 0.0242. The third-order valence-corrected chi connectivity index (χ3v) is 4.26. The Morgan fingerprint density at radius 1 is 1.50 bits per heavy atom. The lowest BCUT2D eigenvalue weighted by molar-refractivity contribution is -0.0602. The smallest absolute Gasteiger partial charge is 0.390 e. The van der Waals surface area contributed by atoms with Crippen LogP contribution in [-0.2, 0) is 13.8 Å². The van der Waals surface area contributed by atoms with E-state index < -0.39 is 48.9 Å². The predicted octanol–water partition coefficient (Wildman–Crippen LogP) is -1.42. The highest BCUT2D eigenvalue weighted by molar-refractivity contribution is 7.46. The summed E-state index contributed by atoms with van der Waals surface area (Å²) in [6.07, 6.45) is -2.71. The Labute approximate surface area is 121 Å². The van der Waals surface area contributed by atoms with Gasteiger partial charge in [0.25, 0.3) is 5.56 Å². The predicted molar refractivity (Wildman–Crippen MR) is 66.3 cm³/mol. The number of aliphatic hydroxyl groups excluding tert-OH is 1. The molecule has 1 spiro atoms. The number of phosphoric acid groups is 1. The van der Waals surface area contributed by atoms with Crippen molar-refractivity contribution in [2.45, 2.75) is 36.9 Å². The summed E-state index contributed by atoms with van der Waals surface area (Å²) in [6, 6.07) is 0. The molecule has 1 saturated carbocycles. The summed E-state index contributed by atoms with van der Waals surface area (Å²) in [6.45, 7) is 0. The summed E-state index contributed by atoms with van der Waals surface area (Å²) in [7, 11) is -4.75. The lowest BCUT2D eigenvalue weighted by Crippen LogP contribution is -2.34. The van der Waals surface area contributed by atoms with Crippen LogP contribution in [0.2, 0.25) is 0 Å². The van der Waals surface area contributed by atoms with Gasteiger partial charge in [-0.25, -0.2) is 9.36 Å². The van der Waals surface area contributed by atoms with Crippen molar-refractivity contribution in [2.75, 3.05) is 0 Å². The molecule has 1 aliphatic heterocycles. The number of aliphatic hydroxyl groups is 1. The van der Waals surface area contributed by atoms with E-state index in [0.29, 0.717) is 6.20 Å². The second-order valence-corrected chi connectivity index (χ2v) is 6.40. The first-order valence-corrected chi connectivity index (χ1v) is 7.76. The molecule has 0 amide bonds. The Morgan fingerprint density at radius 3 is 2.82 bits per heavy atom. The number of ether oxygens (including phenoxy) is 1. The van der Waals surface area contributed by atoms with E-state index in [9.17, 15) is 23.7 Å². The fourth-order valence-electron chi connectivity index (χ4n) is 2.61. The topological polar surface area (TPSA) is 151 Å². The molecule has 2 heterocycles. The Balaban J connectivity index is 1.83. The van der Waals surface area contributed by atoms with Crippen molar-refractivity contribution >= 4 is 7.82 Å². The summed E-state index contributed by atoms with van der Waals surface area (Å²) in [5.74, 6) is -1.20. The molecule has 12 heteroatoms. The van der Waals surface area contributed by atoms with E-state index >= 15 is 0 Å².